The Labute approximate surface area is 142 Å². The lowest BCUT2D eigenvalue weighted by Crippen LogP contribution is -2.41. The lowest BCUT2D eigenvalue weighted by atomic mass is 9.96. The lowest BCUT2D eigenvalue weighted by molar-refractivity contribution is -0.125. The number of anilines is 1. The van der Waals surface area contributed by atoms with Gasteiger partial charge in [0.1, 0.15) is 5.82 Å². The summed E-state index contributed by atoms with van der Waals surface area (Å²) in [4.78, 5) is 18.9. The van der Waals surface area contributed by atoms with Gasteiger partial charge in [-0.2, -0.15) is 0 Å². The first-order valence-corrected chi connectivity index (χ1v) is 8.39. The van der Waals surface area contributed by atoms with Crippen molar-refractivity contribution >= 4 is 11.7 Å². The van der Waals surface area contributed by atoms with E-state index in [0.717, 1.165) is 37.4 Å². The lowest BCUT2D eigenvalue weighted by Gasteiger charge is -2.32. The van der Waals surface area contributed by atoms with E-state index in [-0.39, 0.29) is 11.8 Å². The third-order valence-corrected chi connectivity index (χ3v) is 4.43. The Bertz CT molecular complexity index is 632. The molecule has 0 unspecified atom stereocenters. The van der Waals surface area contributed by atoms with Gasteiger partial charge in [-0.25, -0.2) is 4.98 Å². The van der Waals surface area contributed by atoms with E-state index in [2.05, 4.69) is 21.3 Å². The average Bonchev–Trinajstić information content (AvgIpc) is 3.17. The van der Waals surface area contributed by atoms with Crippen LogP contribution < -0.4 is 10.2 Å². The predicted octanol–water partition coefficient (Wildman–Crippen LogP) is 1.85. The number of rotatable bonds is 6. The van der Waals surface area contributed by atoms with Crippen LogP contribution in [0.1, 0.15) is 12.8 Å². The molecule has 6 nitrogen and oxygen atoms in total. The fourth-order valence-electron chi connectivity index (χ4n) is 3.02. The second kappa shape index (κ2) is 7.97. The molecular formula is C18H24N4O2. The van der Waals surface area contributed by atoms with E-state index in [4.69, 9.17) is 4.74 Å². The molecule has 1 aliphatic rings. The maximum absolute atomic E-state index is 12.1. The smallest absolute Gasteiger partial charge is 0.223 e. The van der Waals surface area contributed by atoms with Crippen molar-refractivity contribution in [3.05, 3.63) is 42.9 Å². The summed E-state index contributed by atoms with van der Waals surface area (Å²) in [6.07, 6.45) is 7.62. The minimum atomic E-state index is 0.0947. The molecule has 0 bridgehead atoms. The van der Waals surface area contributed by atoms with Crippen molar-refractivity contribution in [3.63, 3.8) is 0 Å². The monoisotopic (exact) mass is 328 g/mol. The van der Waals surface area contributed by atoms with Crippen LogP contribution in [0, 0.1) is 5.92 Å². The second-order valence-corrected chi connectivity index (χ2v) is 6.01. The highest BCUT2D eigenvalue weighted by Gasteiger charge is 2.25. The highest BCUT2D eigenvalue weighted by molar-refractivity contribution is 5.78. The van der Waals surface area contributed by atoms with E-state index < -0.39 is 0 Å². The summed E-state index contributed by atoms with van der Waals surface area (Å²) in [6.45, 7) is 2.86. The molecule has 128 valence electrons. The SMILES string of the molecule is COCCNC(=O)C1CCN(c2ccc(-n3cccc3)cn2)CC1. The van der Waals surface area contributed by atoms with Gasteiger partial charge in [-0.15, -0.1) is 0 Å². The van der Waals surface area contributed by atoms with E-state index in [1.165, 1.54) is 0 Å². The Kier molecular flexibility index (Phi) is 5.48. The molecule has 3 rings (SSSR count). The van der Waals surface area contributed by atoms with Crippen molar-refractivity contribution in [2.75, 3.05) is 38.3 Å². The topological polar surface area (TPSA) is 59.4 Å². The van der Waals surface area contributed by atoms with Gasteiger partial charge in [0, 0.05) is 45.1 Å². The van der Waals surface area contributed by atoms with Crippen LogP contribution in [0.25, 0.3) is 5.69 Å². The van der Waals surface area contributed by atoms with Crippen LogP contribution in [0.2, 0.25) is 0 Å². The van der Waals surface area contributed by atoms with Gasteiger partial charge in [-0.1, -0.05) is 0 Å². The second-order valence-electron chi connectivity index (χ2n) is 6.01. The van der Waals surface area contributed by atoms with Gasteiger partial charge in [0.05, 0.1) is 18.5 Å². The Morgan fingerprint density at radius 1 is 1.29 bits per heavy atom. The summed E-state index contributed by atoms with van der Waals surface area (Å²) in [7, 11) is 1.64. The van der Waals surface area contributed by atoms with Crippen LogP contribution in [-0.4, -0.2) is 48.8 Å². The predicted molar refractivity (Wildman–Crippen MR) is 93.4 cm³/mol. The van der Waals surface area contributed by atoms with Gasteiger partial charge in [0.15, 0.2) is 0 Å². The first kappa shape index (κ1) is 16.5. The van der Waals surface area contributed by atoms with Crippen molar-refractivity contribution in [1.29, 1.82) is 0 Å². The van der Waals surface area contributed by atoms with Crippen LogP contribution in [-0.2, 0) is 9.53 Å². The summed E-state index contributed by atoms with van der Waals surface area (Å²) >= 11 is 0. The van der Waals surface area contributed by atoms with Crippen molar-refractivity contribution in [3.8, 4) is 5.69 Å². The van der Waals surface area contributed by atoms with Crippen LogP contribution in [0.4, 0.5) is 5.82 Å². The Morgan fingerprint density at radius 2 is 2.04 bits per heavy atom. The molecule has 0 spiro atoms. The summed E-state index contributed by atoms with van der Waals surface area (Å²) in [6, 6.07) is 8.12. The minimum absolute atomic E-state index is 0.0947. The summed E-state index contributed by atoms with van der Waals surface area (Å²) in [5, 5.41) is 2.93. The first-order valence-electron chi connectivity index (χ1n) is 8.39. The molecule has 3 heterocycles. The Morgan fingerprint density at radius 3 is 2.67 bits per heavy atom. The fraction of sp³-hybridized carbons (Fsp3) is 0.444. The molecule has 24 heavy (non-hydrogen) atoms. The quantitative estimate of drug-likeness (QED) is 0.822. The van der Waals surface area contributed by atoms with Crippen LogP contribution >= 0.6 is 0 Å². The molecule has 0 saturated carbocycles. The van der Waals surface area contributed by atoms with Crippen LogP contribution in [0.15, 0.2) is 42.9 Å². The van der Waals surface area contributed by atoms with E-state index in [9.17, 15) is 4.79 Å². The van der Waals surface area contributed by atoms with Crippen molar-refractivity contribution in [1.82, 2.24) is 14.9 Å². The fourth-order valence-corrected chi connectivity index (χ4v) is 3.02. The number of carbonyl (C=O) groups excluding carboxylic acids is 1. The largest absolute Gasteiger partial charge is 0.383 e. The molecule has 2 aromatic rings. The van der Waals surface area contributed by atoms with E-state index in [1.54, 1.807) is 7.11 Å². The number of hydrogen-bond acceptors (Lipinski definition) is 4. The molecule has 1 amide bonds. The number of nitrogens with one attached hydrogen (secondary N) is 1. The number of aromatic nitrogens is 2. The van der Waals surface area contributed by atoms with Gasteiger partial charge in [-0.05, 0) is 37.1 Å². The van der Waals surface area contributed by atoms with Gasteiger partial charge in [-0.3, -0.25) is 4.79 Å². The number of nitrogens with zero attached hydrogens (tertiary/aromatic N) is 3. The van der Waals surface area contributed by atoms with E-state index >= 15 is 0 Å². The number of carbonyl (C=O) groups is 1. The standard InChI is InChI=1S/C18H24N4O2/c1-24-13-8-19-18(23)15-6-11-22(12-7-15)17-5-4-16(14-20-17)21-9-2-3-10-21/h2-5,9-10,14-15H,6-8,11-13H2,1H3,(H,19,23). The third-order valence-electron chi connectivity index (χ3n) is 4.43. The molecule has 0 aliphatic carbocycles. The van der Waals surface area contributed by atoms with Crippen molar-refractivity contribution in [2.45, 2.75) is 12.8 Å². The molecule has 1 saturated heterocycles. The minimum Gasteiger partial charge on any atom is -0.383 e. The highest BCUT2D eigenvalue weighted by atomic mass is 16.5. The van der Waals surface area contributed by atoms with Gasteiger partial charge >= 0.3 is 0 Å². The number of pyridine rings is 1. The average molecular weight is 328 g/mol. The molecule has 1 N–H and O–H groups in total. The van der Waals surface area contributed by atoms with Gasteiger partial charge in [0.2, 0.25) is 5.91 Å². The molecular weight excluding hydrogens is 304 g/mol. The highest BCUT2D eigenvalue weighted by Crippen LogP contribution is 2.22. The van der Waals surface area contributed by atoms with E-state index in [0.29, 0.717) is 13.2 Å². The number of methoxy groups -OCH3 is 1. The third kappa shape index (κ3) is 3.94. The van der Waals surface area contributed by atoms with Crippen molar-refractivity contribution in [2.24, 2.45) is 5.92 Å². The molecule has 2 aromatic heterocycles. The van der Waals surface area contributed by atoms with E-state index in [1.807, 2.05) is 41.4 Å². The maximum Gasteiger partial charge on any atom is 0.223 e. The van der Waals surface area contributed by atoms with Crippen LogP contribution in [0.3, 0.4) is 0 Å². The van der Waals surface area contributed by atoms with Gasteiger partial charge < -0.3 is 19.5 Å². The summed E-state index contributed by atoms with van der Waals surface area (Å²) in [5.41, 5.74) is 1.05. The number of piperidine rings is 1. The zero-order valence-corrected chi connectivity index (χ0v) is 14.0. The van der Waals surface area contributed by atoms with Crippen LogP contribution in [0.5, 0.6) is 0 Å². The first-order chi connectivity index (χ1) is 11.8. The molecule has 0 atom stereocenters. The maximum atomic E-state index is 12.1. The number of ether oxygens (including phenoxy) is 1. The molecule has 6 heteroatoms. The Hall–Kier alpha value is -2.34. The number of hydrogen-bond donors (Lipinski definition) is 1. The Balaban J connectivity index is 1.52. The van der Waals surface area contributed by atoms with Crippen molar-refractivity contribution < 1.29 is 9.53 Å². The van der Waals surface area contributed by atoms with Gasteiger partial charge in [0.25, 0.3) is 0 Å². The molecule has 1 fully saturated rings. The zero-order chi connectivity index (χ0) is 16.8. The summed E-state index contributed by atoms with van der Waals surface area (Å²) in [5.74, 6) is 1.21. The molecule has 1 aliphatic heterocycles. The zero-order valence-electron chi connectivity index (χ0n) is 14.0. The summed E-state index contributed by atoms with van der Waals surface area (Å²) < 4.78 is 6.99. The molecule has 0 radical (unpaired) electrons. The number of amides is 1. The molecule has 0 aromatic carbocycles. The normalized spacial score (nSPS) is 15.5.